The van der Waals surface area contributed by atoms with E-state index in [9.17, 15) is 13.6 Å². The summed E-state index contributed by atoms with van der Waals surface area (Å²) in [6, 6.07) is 11.8. The van der Waals surface area contributed by atoms with E-state index < -0.39 is 23.1 Å². The topological polar surface area (TPSA) is 55.1 Å². The molecule has 0 aliphatic heterocycles. The van der Waals surface area contributed by atoms with Crippen LogP contribution in [-0.4, -0.2) is 12.5 Å². The predicted molar refractivity (Wildman–Crippen MR) is 77.9 cm³/mol. The molecule has 3 nitrogen and oxygen atoms in total. The standard InChI is InChI=1S/C16H16F2N2O/c17-12-8-9-13(19)15(18)14(12)16(21)20-10-4-7-11-5-2-1-3-6-11/h1-3,5-6,8-9H,4,7,10,19H2,(H,20,21). The van der Waals surface area contributed by atoms with Crippen LogP contribution in [0.4, 0.5) is 14.5 Å². The van der Waals surface area contributed by atoms with E-state index in [0.29, 0.717) is 13.0 Å². The summed E-state index contributed by atoms with van der Waals surface area (Å²) in [7, 11) is 0. The average molecular weight is 290 g/mol. The minimum Gasteiger partial charge on any atom is -0.396 e. The highest BCUT2D eigenvalue weighted by atomic mass is 19.1. The molecule has 0 heterocycles. The van der Waals surface area contributed by atoms with Gasteiger partial charge in [0.05, 0.1) is 5.69 Å². The Kier molecular flexibility index (Phi) is 4.87. The molecule has 3 N–H and O–H groups in total. The van der Waals surface area contributed by atoms with E-state index in [-0.39, 0.29) is 5.69 Å². The van der Waals surface area contributed by atoms with Gasteiger partial charge in [-0.1, -0.05) is 30.3 Å². The molecule has 5 heteroatoms. The molecule has 0 saturated heterocycles. The molecular formula is C16H16F2N2O. The van der Waals surface area contributed by atoms with Crippen molar-refractivity contribution >= 4 is 11.6 Å². The molecule has 2 rings (SSSR count). The van der Waals surface area contributed by atoms with Gasteiger partial charge >= 0.3 is 0 Å². The monoisotopic (exact) mass is 290 g/mol. The number of nitrogens with one attached hydrogen (secondary N) is 1. The van der Waals surface area contributed by atoms with Gasteiger partial charge in [-0.3, -0.25) is 4.79 Å². The second-order valence-electron chi connectivity index (χ2n) is 4.67. The fraction of sp³-hybridized carbons (Fsp3) is 0.188. The summed E-state index contributed by atoms with van der Waals surface area (Å²) in [5, 5.41) is 2.50. The number of halogens is 2. The van der Waals surface area contributed by atoms with E-state index >= 15 is 0 Å². The largest absolute Gasteiger partial charge is 0.396 e. The molecule has 0 bridgehead atoms. The third-order valence-electron chi connectivity index (χ3n) is 3.12. The lowest BCUT2D eigenvalue weighted by molar-refractivity contribution is 0.0945. The van der Waals surface area contributed by atoms with E-state index in [1.54, 1.807) is 0 Å². The number of carbonyl (C=O) groups is 1. The Hall–Kier alpha value is -2.43. The Morgan fingerprint density at radius 2 is 1.81 bits per heavy atom. The molecule has 0 saturated carbocycles. The SMILES string of the molecule is Nc1ccc(F)c(C(=O)NCCCc2ccccc2)c1F. The molecule has 0 aliphatic carbocycles. The van der Waals surface area contributed by atoms with Gasteiger partial charge < -0.3 is 11.1 Å². The molecule has 21 heavy (non-hydrogen) atoms. The van der Waals surface area contributed by atoms with Gasteiger partial charge in [0.1, 0.15) is 11.4 Å². The third-order valence-corrected chi connectivity index (χ3v) is 3.12. The first-order chi connectivity index (χ1) is 10.1. The highest BCUT2D eigenvalue weighted by Crippen LogP contribution is 2.18. The van der Waals surface area contributed by atoms with Crippen molar-refractivity contribution in [1.82, 2.24) is 5.32 Å². The molecule has 110 valence electrons. The first-order valence-electron chi connectivity index (χ1n) is 6.65. The van der Waals surface area contributed by atoms with E-state index in [1.807, 2.05) is 30.3 Å². The lowest BCUT2D eigenvalue weighted by Crippen LogP contribution is -2.27. The van der Waals surface area contributed by atoms with Gasteiger partial charge in [-0.2, -0.15) is 0 Å². The van der Waals surface area contributed by atoms with Crippen LogP contribution in [0.1, 0.15) is 22.3 Å². The van der Waals surface area contributed by atoms with E-state index in [1.165, 1.54) is 0 Å². The van der Waals surface area contributed by atoms with E-state index in [2.05, 4.69) is 5.32 Å². The number of aryl methyl sites for hydroxylation is 1. The quantitative estimate of drug-likeness (QED) is 0.657. The highest BCUT2D eigenvalue weighted by Gasteiger charge is 2.18. The van der Waals surface area contributed by atoms with Crippen molar-refractivity contribution in [3.8, 4) is 0 Å². The molecule has 0 unspecified atom stereocenters. The van der Waals surface area contributed by atoms with Gasteiger partial charge in [-0.25, -0.2) is 8.78 Å². The van der Waals surface area contributed by atoms with Crippen LogP contribution in [0.3, 0.4) is 0 Å². The fourth-order valence-electron chi connectivity index (χ4n) is 2.00. The van der Waals surface area contributed by atoms with Gasteiger partial charge in [0.2, 0.25) is 0 Å². The molecule has 0 aliphatic rings. The number of amides is 1. The van der Waals surface area contributed by atoms with Gasteiger partial charge in [0.15, 0.2) is 5.82 Å². The number of rotatable bonds is 5. The van der Waals surface area contributed by atoms with Crippen LogP contribution in [0.5, 0.6) is 0 Å². The summed E-state index contributed by atoms with van der Waals surface area (Å²) in [4.78, 5) is 11.8. The summed E-state index contributed by atoms with van der Waals surface area (Å²) in [6.45, 7) is 0.335. The Morgan fingerprint density at radius 3 is 2.52 bits per heavy atom. The van der Waals surface area contributed by atoms with Crippen molar-refractivity contribution in [2.24, 2.45) is 0 Å². The van der Waals surface area contributed by atoms with Crippen LogP contribution >= 0.6 is 0 Å². The summed E-state index contributed by atoms with van der Waals surface area (Å²) < 4.78 is 27.2. The smallest absolute Gasteiger partial charge is 0.257 e. The Bertz CT molecular complexity index is 630. The Morgan fingerprint density at radius 1 is 1.10 bits per heavy atom. The van der Waals surface area contributed by atoms with Crippen LogP contribution in [0, 0.1) is 11.6 Å². The summed E-state index contributed by atoms with van der Waals surface area (Å²) >= 11 is 0. The minimum atomic E-state index is -1.02. The van der Waals surface area contributed by atoms with Crippen LogP contribution < -0.4 is 11.1 Å². The molecule has 0 spiro atoms. The molecular weight excluding hydrogens is 274 g/mol. The van der Waals surface area contributed by atoms with Gasteiger partial charge in [0, 0.05) is 6.54 Å². The molecule has 2 aromatic rings. The number of hydrogen-bond acceptors (Lipinski definition) is 2. The Balaban J connectivity index is 1.89. The first kappa shape index (κ1) is 15.0. The molecule has 0 aromatic heterocycles. The van der Waals surface area contributed by atoms with E-state index in [4.69, 9.17) is 5.73 Å². The highest BCUT2D eigenvalue weighted by molar-refractivity contribution is 5.95. The van der Waals surface area contributed by atoms with Crippen molar-refractivity contribution in [3.63, 3.8) is 0 Å². The van der Waals surface area contributed by atoms with Gasteiger partial charge in [-0.15, -0.1) is 0 Å². The van der Waals surface area contributed by atoms with Crippen molar-refractivity contribution in [3.05, 3.63) is 65.2 Å². The van der Waals surface area contributed by atoms with E-state index in [0.717, 1.165) is 24.1 Å². The summed E-state index contributed by atoms with van der Waals surface area (Å²) in [6.07, 6.45) is 1.46. The lowest BCUT2D eigenvalue weighted by Gasteiger charge is -2.08. The number of benzene rings is 2. The first-order valence-corrected chi connectivity index (χ1v) is 6.65. The third kappa shape index (κ3) is 3.78. The zero-order valence-electron chi connectivity index (χ0n) is 11.4. The van der Waals surface area contributed by atoms with Crippen molar-refractivity contribution in [2.45, 2.75) is 12.8 Å². The number of nitrogens with two attached hydrogens (primary N) is 1. The molecule has 0 atom stereocenters. The Labute approximate surface area is 121 Å². The summed E-state index contributed by atoms with van der Waals surface area (Å²) in [5.41, 5.74) is 5.61. The molecule has 1 amide bonds. The van der Waals surface area contributed by atoms with Gasteiger partial charge in [0.25, 0.3) is 5.91 Å². The molecule has 0 radical (unpaired) electrons. The van der Waals surface area contributed by atoms with Crippen LogP contribution in [0.25, 0.3) is 0 Å². The van der Waals surface area contributed by atoms with Crippen LogP contribution in [0.2, 0.25) is 0 Å². The predicted octanol–water partition coefficient (Wildman–Crippen LogP) is 2.91. The zero-order valence-corrected chi connectivity index (χ0v) is 11.4. The molecule has 2 aromatic carbocycles. The number of nitrogen functional groups attached to an aromatic ring is 1. The molecule has 0 fully saturated rings. The number of anilines is 1. The summed E-state index contributed by atoms with van der Waals surface area (Å²) in [5.74, 6) is -2.72. The van der Waals surface area contributed by atoms with Crippen molar-refractivity contribution in [2.75, 3.05) is 12.3 Å². The maximum atomic E-state index is 13.7. The lowest BCUT2D eigenvalue weighted by atomic mass is 10.1. The number of carbonyl (C=O) groups excluding carboxylic acids is 1. The van der Waals surface area contributed by atoms with Crippen molar-refractivity contribution in [1.29, 1.82) is 0 Å². The number of hydrogen-bond donors (Lipinski definition) is 2. The minimum absolute atomic E-state index is 0.245. The average Bonchev–Trinajstić information content (AvgIpc) is 2.49. The van der Waals surface area contributed by atoms with Crippen LogP contribution in [-0.2, 0) is 6.42 Å². The van der Waals surface area contributed by atoms with Crippen molar-refractivity contribution < 1.29 is 13.6 Å². The van der Waals surface area contributed by atoms with Crippen LogP contribution in [0.15, 0.2) is 42.5 Å². The maximum absolute atomic E-state index is 13.7. The second-order valence-corrected chi connectivity index (χ2v) is 4.67. The second kappa shape index (κ2) is 6.83. The fourth-order valence-corrected chi connectivity index (χ4v) is 2.00. The maximum Gasteiger partial charge on any atom is 0.257 e. The van der Waals surface area contributed by atoms with Gasteiger partial charge in [-0.05, 0) is 30.5 Å². The zero-order chi connectivity index (χ0) is 15.2. The normalized spacial score (nSPS) is 10.4.